The largest absolute Gasteiger partial charge is 0.480 e. The van der Waals surface area contributed by atoms with Gasteiger partial charge in [-0.1, -0.05) is 12.2 Å². The van der Waals surface area contributed by atoms with Crippen molar-refractivity contribution in [3.8, 4) is 0 Å². The molecule has 0 spiro atoms. The highest BCUT2D eigenvalue weighted by molar-refractivity contribution is 5.85. The van der Waals surface area contributed by atoms with Crippen LogP contribution in [0.25, 0.3) is 0 Å². The number of rotatable bonds is 2. The molecule has 0 aliphatic carbocycles. The topological polar surface area (TPSA) is 69.6 Å². The normalized spacial score (nSPS) is 16.3. The van der Waals surface area contributed by atoms with Crippen LogP contribution < -0.4 is 5.32 Å². The van der Waals surface area contributed by atoms with E-state index in [-0.39, 0.29) is 6.03 Å². The molecule has 0 saturated carbocycles. The van der Waals surface area contributed by atoms with Crippen LogP contribution in [-0.2, 0) is 4.79 Å². The molecule has 0 fully saturated rings. The van der Waals surface area contributed by atoms with E-state index in [2.05, 4.69) is 5.32 Å². The molecule has 15 heavy (non-hydrogen) atoms. The Bertz CT molecular complexity index is 297. The number of aliphatic carboxylic acids is 1. The van der Waals surface area contributed by atoms with Gasteiger partial charge in [0.1, 0.15) is 5.54 Å². The average molecular weight is 212 g/mol. The summed E-state index contributed by atoms with van der Waals surface area (Å²) in [5.41, 5.74) is -1.22. The zero-order chi connectivity index (χ0) is 11.5. The van der Waals surface area contributed by atoms with Crippen molar-refractivity contribution in [3.63, 3.8) is 0 Å². The number of nitrogens with zero attached hydrogens (tertiary/aromatic N) is 1. The predicted molar refractivity (Wildman–Crippen MR) is 55.6 cm³/mol. The van der Waals surface area contributed by atoms with Gasteiger partial charge in [-0.3, -0.25) is 0 Å². The summed E-state index contributed by atoms with van der Waals surface area (Å²) in [6.07, 6.45) is 4.73. The van der Waals surface area contributed by atoms with Crippen LogP contribution in [0, 0.1) is 0 Å². The number of urea groups is 1. The molecule has 84 valence electrons. The Morgan fingerprint density at radius 3 is 2.53 bits per heavy atom. The number of amides is 2. The summed E-state index contributed by atoms with van der Waals surface area (Å²) in [7, 11) is 0. The van der Waals surface area contributed by atoms with Gasteiger partial charge < -0.3 is 15.3 Å². The number of hydrogen-bond acceptors (Lipinski definition) is 2. The monoisotopic (exact) mass is 212 g/mol. The van der Waals surface area contributed by atoms with Crippen molar-refractivity contribution >= 4 is 12.0 Å². The highest BCUT2D eigenvalue weighted by atomic mass is 16.4. The Kier molecular flexibility index (Phi) is 3.34. The molecule has 0 aromatic carbocycles. The average Bonchev–Trinajstić information content (AvgIpc) is 2.18. The minimum Gasteiger partial charge on any atom is -0.480 e. The molecule has 2 amide bonds. The van der Waals surface area contributed by atoms with Crippen molar-refractivity contribution in [2.24, 2.45) is 0 Å². The first-order chi connectivity index (χ1) is 6.93. The van der Waals surface area contributed by atoms with Crippen LogP contribution in [-0.4, -0.2) is 40.6 Å². The van der Waals surface area contributed by atoms with Crippen molar-refractivity contribution in [1.29, 1.82) is 0 Å². The third kappa shape index (κ3) is 2.97. The summed E-state index contributed by atoms with van der Waals surface area (Å²) < 4.78 is 0. The van der Waals surface area contributed by atoms with Crippen LogP contribution in [0.15, 0.2) is 12.2 Å². The highest BCUT2D eigenvalue weighted by Crippen LogP contribution is 2.06. The van der Waals surface area contributed by atoms with Gasteiger partial charge in [-0.25, -0.2) is 9.59 Å². The number of carboxylic acids is 1. The maximum absolute atomic E-state index is 11.6. The Morgan fingerprint density at radius 1 is 1.40 bits per heavy atom. The summed E-state index contributed by atoms with van der Waals surface area (Å²) in [6, 6.07) is -0.327. The molecule has 1 rings (SSSR count). The zero-order valence-corrected chi connectivity index (χ0v) is 8.99. The second-order valence-corrected chi connectivity index (χ2v) is 4.07. The Hall–Kier alpha value is -1.52. The van der Waals surface area contributed by atoms with Crippen molar-refractivity contribution in [2.45, 2.75) is 25.8 Å². The highest BCUT2D eigenvalue weighted by Gasteiger charge is 2.30. The first kappa shape index (κ1) is 11.6. The standard InChI is InChI=1S/C10H16N2O3/c1-10(2,8(13)14)11-9(15)12-6-4-3-5-7-12/h3-4H,5-7H2,1-2H3,(H,11,15)(H,13,14). The van der Waals surface area contributed by atoms with E-state index in [1.807, 2.05) is 12.2 Å². The van der Waals surface area contributed by atoms with Crippen LogP contribution in [0.2, 0.25) is 0 Å². The first-order valence-electron chi connectivity index (χ1n) is 4.89. The lowest BCUT2D eigenvalue weighted by atomic mass is 10.1. The summed E-state index contributed by atoms with van der Waals surface area (Å²) in [6.45, 7) is 4.11. The van der Waals surface area contributed by atoms with E-state index in [9.17, 15) is 9.59 Å². The molecule has 1 heterocycles. The lowest BCUT2D eigenvalue weighted by Crippen LogP contribution is -2.54. The minimum absolute atomic E-state index is 0.327. The van der Waals surface area contributed by atoms with Crippen molar-refractivity contribution in [2.75, 3.05) is 13.1 Å². The molecular weight excluding hydrogens is 196 g/mol. The summed E-state index contributed by atoms with van der Waals surface area (Å²) in [5, 5.41) is 11.3. The van der Waals surface area contributed by atoms with E-state index in [1.165, 1.54) is 13.8 Å². The zero-order valence-electron chi connectivity index (χ0n) is 8.99. The molecule has 0 unspecified atom stereocenters. The number of carbonyl (C=O) groups excluding carboxylic acids is 1. The summed E-state index contributed by atoms with van der Waals surface area (Å²) in [5.74, 6) is -1.04. The molecular formula is C10H16N2O3. The van der Waals surface area contributed by atoms with E-state index < -0.39 is 11.5 Å². The van der Waals surface area contributed by atoms with Crippen molar-refractivity contribution in [3.05, 3.63) is 12.2 Å². The molecule has 0 aromatic heterocycles. The molecule has 1 aliphatic rings. The van der Waals surface area contributed by atoms with Gasteiger partial charge in [-0.2, -0.15) is 0 Å². The third-order valence-corrected chi connectivity index (χ3v) is 2.30. The predicted octanol–water partition coefficient (Wildman–Crippen LogP) is 0.821. The van der Waals surface area contributed by atoms with E-state index in [0.29, 0.717) is 13.1 Å². The first-order valence-corrected chi connectivity index (χ1v) is 4.89. The van der Waals surface area contributed by atoms with Crippen molar-refractivity contribution < 1.29 is 14.7 Å². The minimum atomic E-state index is -1.22. The second kappa shape index (κ2) is 4.33. The lowest BCUT2D eigenvalue weighted by Gasteiger charge is -2.28. The van der Waals surface area contributed by atoms with E-state index in [0.717, 1.165) is 6.42 Å². The second-order valence-electron chi connectivity index (χ2n) is 4.07. The number of hydrogen-bond donors (Lipinski definition) is 2. The molecule has 2 N–H and O–H groups in total. The quantitative estimate of drug-likeness (QED) is 0.666. The lowest BCUT2D eigenvalue weighted by molar-refractivity contribution is -0.143. The molecule has 5 heteroatoms. The number of carbonyl (C=O) groups is 2. The maximum Gasteiger partial charge on any atom is 0.328 e. The Balaban J connectivity index is 2.55. The molecule has 0 radical (unpaired) electrons. The van der Waals surface area contributed by atoms with Crippen molar-refractivity contribution in [1.82, 2.24) is 10.2 Å². The SMILES string of the molecule is CC(C)(NC(=O)N1CC=CCC1)C(=O)O. The van der Waals surface area contributed by atoms with Gasteiger partial charge in [-0.05, 0) is 20.3 Å². The van der Waals surface area contributed by atoms with Gasteiger partial charge in [0.25, 0.3) is 0 Å². The van der Waals surface area contributed by atoms with Crippen LogP contribution in [0.4, 0.5) is 4.79 Å². The third-order valence-electron chi connectivity index (χ3n) is 2.30. The van der Waals surface area contributed by atoms with Crippen LogP contribution in [0.1, 0.15) is 20.3 Å². The Morgan fingerprint density at radius 2 is 2.07 bits per heavy atom. The molecule has 0 atom stereocenters. The van der Waals surface area contributed by atoms with Gasteiger partial charge in [0.2, 0.25) is 0 Å². The fourth-order valence-electron chi connectivity index (χ4n) is 1.23. The summed E-state index contributed by atoms with van der Waals surface area (Å²) >= 11 is 0. The van der Waals surface area contributed by atoms with Gasteiger partial charge >= 0.3 is 12.0 Å². The van der Waals surface area contributed by atoms with E-state index in [1.54, 1.807) is 4.90 Å². The van der Waals surface area contributed by atoms with Crippen LogP contribution >= 0.6 is 0 Å². The summed E-state index contributed by atoms with van der Waals surface area (Å²) in [4.78, 5) is 24.0. The van der Waals surface area contributed by atoms with Crippen LogP contribution in [0.3, 0.4) is 0 Å². The molecule has 0 bridgehead atoms. The van der Waals surface area contributed by atoms with Gasteiger partial charge in [0.05, 0.1) is 0 Å². The molecule has 5 nitrogen and oxygen atoms in total. The smallest absolute Gasteiger partial charge is 0.328 e. The number of nitrogens with one attached hydrogen (secondary N) is 1. The Labute approximate surface area is 88.8 Å². The van der Waals surface area contributed by atoms with E-state index in [4.69, 9.17) is 5.11 Å². The molecule has 0 saturated heterocycles. The number of carboxylic acid groups (broad SMARTS) is 1. The van der Waals surface area contributed by atoms with E-state index >= 15 is 0 Å². The van der Waals surface area contributed by atoms with Crippen LogP contribution in [0.5, 0.6) is 0 Å². The van der Waals surface area contributed by atoms with Gasteiger partial charge in [0, 0.05) is 13.1 Å². The van der Waals surface area contributed by atoms with Gasteiger partial charge in [-0.15, -0.1) is 0 Å². The molecule has 1 aliphatic heterocycles. The van der Waals surface area contributed by atoms with Gasteiger partial charge in [0.15, 0.2) is 0 Å². The fraction of sp³-hybridized carbons (Fsp3) is 0.600. The maximum atomic E-state index is 11.6. The molecule has 0 aromatic rings. The fourth-order valence-corrected chi connectivity index (χ4v) is 1.23.